The molecule has 0 saturated carbocycles. The molecule has 2 rings (SSSR count). The molecular formula is C16H24N2. The highest BCUT2D eigenvalue weighted by atomic mass is 15.1. The Morgan fingerprint density at radius 3 is 2.72 bits per heavy atom. The van der Waals surface area contributed by atoms with Gasteiger partial charge in [-0.2, -0.15) is 0 Å². The first-order valence-electron chi connectivity index (χ1n) is 6.91. The Kier molecular flexibility index (Phi) is 4.97. The van der Waals surface area contributed by atoms with Crippen molar-refractivity contribution in [1.29, 1.82) is 0 Å². The van der Waals surface area contributed by atoms with Gasteiger partial charge in [-0.3, -0.25) is 4.90 Å². The van der Waals surface area contributed by atoms with Crippen molar-refractivity contribution >= 4 is 0 Å². The summed E-state index contributed by atoms with van der Waals surface area (Å²) in [4.78, 5) is 2.46. The molecule has 1 aliphatic heterocycles. The minimum Gasteiger partial charge on any atom is -0.327 e. The zero-order chi connectivity index (χ0) is 12.8. The number of nitrogens with zero attached hydrogens (tertiary/aromatic N) is 1. The summed E-state index contributed by atoms with van der Waals surface area (Å²) in [5.74, 6) is 0. The number of benzene rings is 1. The first-order valence-corrected chi connectivity index (χ1v) is 6.91. The van der Waals surface area contributed by atoms with Gasteiger partial charge >= 0.3 is 0 Å². The molecule has 0 amide bonds. The van der Waals surface area contributed by atoms with E-state index < -0.39 is 0 Å². The molecule has 98 valence electrons. The van der Waals surface area contributed by atoms with Gasteiger partial charge in [0.1, 0.15) is 0 Å². The Morgan fingerprint density at radius 2 is 2.06 bits per heavy atom. The van der Waals surface area contributed by atoms with Crippen LogP contribution in [0.3, 0.4) is 0 Å². The summed E-state index contributed by atoms with van der Waals surface area (Å²) in [6.45, 7) is 5.48. The second kappa shape index (κ2) is 6.72. The van der Waals surface area contributed by atoms with E-state index in [9.17, 15) is 0 Å². The maximum atomic E-state index is 6.22. The van der Waals surface area contributed by atoms with Crippen molar-refractivity contribution in [2.45, 2.75) is 32.2 Å². The van der Waals surface area contributed by atoms with Crippen molar-refractivity contribution in [3.8, 4) is 0 Å². The van der Waals surface area contributed by atoms with Crippen molar-refractivity contribution in [3.05, 3.63) is 47.5 Å². The number of hydrogen-bond donors (Lipinski definition) is 1. The van der Waals surface area contributed by atoms with Gasteiger partial charge in [0.25, 0.3) is 0 Å². The largest absolute Gasteiger partial charge is 0.327 e. The molecule has 1 atom stereocenters. The van der Waals surface area contributed by atoms with Gasteiger partial charge in [0.2, 0.25) is 0 Å². The monoisotopic (exact) mass is 244 g/mol. The number of nitrogens with two attached hydrogens (primary N) is 1. The molecule has 0 radical (unpaired) electrons. The Hall–Kier alpha value is -1.12. The standard InChI is InChI=1S/C16H24N2/c1-14-9-11-18(12-10-14)13-16(17)8-7-15-5-3-2-4-6-15/h2-6,9,16H,7-8,10-13,17H2,1H3. The maximum Gasteiger partial charge on any atom is 0.0171 e. The topological polar surface area (TPSA) is 29.3 Å². The quantitative estimate of drug-likeness (QED) is 0.807. The van der Waals surface area contributed by atoms with Crippen molar-refractivity contribution in [2.24, 2.45) is 5.73 Å². The predicted octanol–water partition coefficient (Wildman–Crippen LogP) is 2.60. The van der Waals surface area contributed by atoms with Crippen LogP contribution in [-0.2, 0) is 6.42 Å². The van der Waals surface area contributed by atoms with E-state index in [0.717, 1.165) is 25.9 Å². The average molecular weight is 244 g/mol. The Morgan fingerprint density at radius 1 is 1.28 bits per heavy atom. The van der Waals surface area contributed by atoms with E-state index in [4.69, 9.17) is 5.73 Å². The first-order chi connectivity index (χ1) is 8.74. The lowest BCUT2D eigenvalue weighted by Crippen LogP contribution is -2.39. The van der Waals surface area contributed by atoms with Gasteiger partial charge in [0.05, 0.1) is 0 Å². The van der Waals surface area contributed by atoms with Gasteiger partial charge < -0.3 is 5.73 Å². The number of aryl methyl sites for hydroxylation is 1. The first kappa shape index (κ1) is 13.3. The summed E-state index contributed by atoms with van der Waals surface area (Å²) >= 11 is 0. The zero-order valence-corrected chi connectivity index (χ0v) is 11.3. The fourth-order valence-corrected chi connectivity index (χ4v) is 2.40. The number of rotatable bonds is 5. The third-order valence-electron chi connectivity index (χ3n) is 3.66. The van der Waals surface area contributed by atoms with E-state index in [-0.39, 0.29) is 6.04 Å². The smallest absolute Gasteiger partial charge is 0.0171 e. The minimum absolute atomic E-state index is 0.289. The van der Waals surface area contributed by atoms with Crippen molar-refractivity contribution in [2.75, 3.05) is 19.6 Å². The van der Waals surface area contributed by atoms with Crippen molar-refractivity contribution < 1.29 is 0 Å². The van der Waals surface area contributed by atoms with Crippen LogP contribution in [0.4, 0.5) is 0 Å². The second-order valence-corrected chi connectivity index (χ2v) is 5.34. The van der Waals surface area contributed by atoms with Gasteiger partial charge in [0, 0.05) is 25.7 Å². The normalized spacial score (nSPS) is 18.4. The Labute approximate surface area is 110 Å². The molecular weight excluding hydrogens is 220 g/mol. The highest BCUT2D eigenvalue weighted by molar-refractivity contribution is 5.14. The highest BCUT2D eigenvalue weighted by Gasteiger charge is 2.12. The Bertz CT molecular complexity index is 383. The SMILES string of the molecule is CC1=CCN(CC(N)CCc2ccccc2)CC1. The molecule has 1 aromatic rings. The molecule has 0 fully saturated rings. The van der Waals surface area contributed by atoms with E-state index in [0.29, 0.717) is 0 Å². The van der Waals surface area contributed by atoms with Crippen LogP contribution in [0, 0.1) is 0 Å². The average Bonchev–Trinajstić information content (AvgIpc) is 2.40. The molecule has 2 nitrogen and oxygen atoms in total. The van der Waals surface area contributed by atoms with Crippen LogP contribution in [-0.4, -0.2) is 30.6 Å². The van der Waals surface area contributed by atoms with Crippen LogP contribution in [0.1, 0.15) is 25.3 Å². The third kappa shape index (κ3) is 4.28. The van der Waals surface area contributed by atoms with Gasteiger partial charge in [-0.1, -0.05) is 42.0 Å². The molecule has 0 spiro atoms. The molecule has 1 heterocycles. The van der Waals surface area contributed by atoms with Crippen LogP contribution in [0.2, 0.25) is 0 Å². The molecule has 1 aromatic carbocycles. The lowest BCUT2D eigenvalue weighted by atomic mass is 10.0. The summed E-state index contributed by atoms with van der Waals surface area (Å²) in [5.41, 5.74) is 9.13. The van der Waals surface area contributed by atoms with Crippen LogP contribution < -0.4 is 5.73 Å². The van der Waals surface area contributed by atoms with Crippen LogP contribution >= 0.6 is 0 Å². The summed E-state index contributed by atoms with van der Waals surface area (Å²) in [7, 11) is 0. The summed E-state index contributed by atoms with van der Waals surface area (Å²) < 4.78 is 0. The van der Waals surface area contributed by atoms with Crippen LogP contribution in [0.25, 0.3) is 0 Å². The molecule has 18 heavy (non-hydrogen) atoms. The minimum atomic E-state index is 0.289. The molecule has 2 N–H and O–H groups in total. The van der Waals surface area contributed by atoms with E-state index in [1.54, 1.807) is 0 Å². The summed E-state index contributed by atoms with van der Waals surface area (Å²) in [6, 6.07) is 10.9. The second-order valence-electron chi connectivity index (χ2n) is 5.34. The molecule has 0 bridgehead atoms. The molecule has 0 aliphatic carbocycles. The molecule has 1 unspecified atom stereocenters. The lowest BCUT2D eigenvalue weighted by Gasteiger charge is -2.27. The van der Waals surface area contributed by atoms with Gasteiger partial charge in [0.15, 0.2) is 0 Å². The summed E-state index contributed by atoms with van der Waals surface area (Å²) in [6.07, 6.45) is 5.69. The molecule has 2 heteroatoms. The van der Waals surface area contributed by atoms with Crippen molar-refractivity contribution in [3.63, 3.8) is 0 Å². The van der Waals surface area contributed by atoms with E-state index in [1.807, 2.05) is 0 Å². The fourth-order valence-electron chi connectivity index (χ4n) is 2.40. The maximum absolute atomic E-state index is 6.22. The number of hydrogen-bond acceptors (Lipinski definition) is 2. The molecule has 1 aliphatic rings. The molecule has 0 aromatic heterocycles. The van der Waals surface area contributed by atoms with E-state index >= 15 is 0 Å². The van der Waals surface area contributed by atoms with Crippen molar-refractivity contribution in [1.82, 2.24) is 4.90 Å². The van der Waals surface area contributed by atoms with E-state index in [1.165, 1.54) is 24.1 Å². The van der Waals surface area contributed by atoms with Gasteiger partial charge in [-0.15, -0.1) is 0 Å². The van der Waals surface area contributed by atoms with Gasteiger partial charge in [-0.05, 0) is 31.7 Å². The zero-order valence-electron chi connectivity index (χ0n) is 11.3. The fraction of sp³-hybridized carbons (Fsp3) is 0.500. The Balaban J connectivity index is 1.71. The molecule has 0 saturated heterocycles. The van der Waals surface area contributed by atoms with Crippen LogP contribution in [0.5, 0.6) is 0 Å². The summed E-state index contributed by atoms with van der Waals surface area (Å²) in [5, 5.41) is 0. The van der Waals surface area contributed by atoms with E-state index in [2.05, 4.69) is 48.2 Å². The third-order valence-corrected chi connectivity index (χ3v) is 3.66. The van der Waals surface area contributed by atoms with Crippen LogP contribution in [0.15, 0.2) is 42.0 Å². The highest BCUT2D eigenvalue weighted by Crippen LogP contribution is 2.11. The lowest BCUT2D eigenvalue weighted by molar-refractivity contribution is 0.270. The predicted molar refractivity (Wildman–Crippen MR) is 77.6 cm³/mol. The van der Waals surface area contributed by atoms with Gasteiger partial charge in [-0.25, -0.2) is 0 Å².